The van der Waals surface area contributed by atoms with E-state index in [0.29, 0.717) is 0 Å². The summed E-state index contributed by atoms with van der Waals surface area (Å²) in [7, 11) is 0. The Hall–Kier alpha value is -1.08. The van der Waals surface area contributed by atoms with Crippen LogP contribution in [0.3, 0.4) is 0 Å². The van der Waals surface area contributed by atoms with Crippen LogP contribution in [0.25, 0.3) is 10.2 Å². The number of rotatable bonds is 4. The first-order valence-corrected chi connectivity index (χ1v) is 11.2. The molecular formula is C18H19N3S3. The number of hydrogen-bond donors (Lipinski definition) is 0. The molecule has 4 rings (SSSR count). The Bertz CT molecular complexity index is 861. The van der Waals surface area contributed by atoms with E-state index in [4.69, 9.17) is 9.97 Å². The molecule has 1 aliphatic heterocycles. The summed E-state index contributed by atoms with van der Waals surface area (Å²) in [6.45, 7) is 3.14. The van der Waals surface area contributed by atoms with Gasteiger partial charge in [0.1, 0.15) is 9.86 Å². The van der Waals surface area contributed by atoms with Gasteiger partial charge < -0.3 is 0 Å². The van der Waals surface area contributed by atoms with Crippen molar-refractivity contribution in [2.75, 3.05) is 19.1 Å². The molecule has 0 bridgehead atoms. The highest BCUT2D eigenvalue weighted by Crippen LogP contribution is 2.39. The minimum absolute atomic E-state index is 0.881. The fraction of sp³-hybridized carbons (Fsp3) is 0.333. The van der Waals surface area contributed by atoms with Crippen LogP contribution in [0.1, 0.15) is 16.0 Å². The van der Waals surface area contributed by atoms with Gasteiger partial charge in [0.15, 0.2) is 5.16 Å². The largest absolute Gasteiger partial charge is 0.294 e. The molecule has 0 fully saturated rings. The molecule has 1 aliphatic rings. The molecule has 3 heterocycles. The number of nitrogens with zero attached hydrogens (tertiary/aromatic N) is 3. The van der Waals surface area contributed by atoms with Crippen molar-refractivity contribution in [3.63, 3.8) is 0 Å². The van der Waals surface area contributed by atoms with E-state index in [1.54, 1.807) is 23.5 Å². The normalized spacial score (nSPS) is 14.9. The third-order valence-electron chi connectivity index (χ3n) is 4.35. The van der Waals surface area contributed by atoms with Gasteiger partial charge in [-0.3, -0.25) is 4.90 Å². The minimum atomic E-state index is 0.881. The topological polar surface area (TPSA) is 29.0 Å². The van der Waals surface area contributed by atoms with Gasteiger partial charge in [0, 0.05) is 29.9 Å². The predicted octanol–water partition coefficient (Wildman–Crippen LogP) is 4.69. The van der Waals surface area contributed by atoms with Crippen LogP contribution in [0.15, 0.2) is 40.5 Å². The zero-order valence-electron chi connectivity index (χ0n) is 13.8. The fourth-order valence-electron chi connectivity index (χ4n) is 3.21. The summed E-state index contributed by atoms with van der Waals surface area (Å²) in [4.78, 5) is 14.6. The van der Waals surface area contributed by atoms with Crippen molar-refractivity contribution < 1.29 is 0 Å². The highest BCUT2D eigenvalue weighted by atomic mass is 32.2. The molecule has 0 N–H and O–H groups in total. The Balaban J connectivity index is 1.66. The third-order valence-corrected chi connectivity index (χ3v) is 6.69. The molecule has 0 unspecified atom stereocenters. The monoisotopic (exact) mass is 373 g/mol. The van der Waals surface area contributed by atoms with E-state index in [-0.39, 0.29) is 0 Å². The molecule has 0 atom stereocenters. The predicted molar refractivity (Wildman–Crippen MR) is 105 cm³/mol. The SMILES string of the molecule is CSc1nc(SC)c2c3c(sc2n1)CN(Cc1ccccc1)CC3. The fourth-order valence-corrected chi connectivity index (χ4v) is 5.62. The summed E-state index contributed by atoms with van der Waals surface area (Å²) in [5.41, 5.74) is 2.87. The molecule has 24 heavy (non-hydrogen) atoms. The number of hydrogen-bond acceptors (Lipinski definition) is 6. The number of benzene rings is 1. The van der Waals surface area contributed by atoms with Crippen molar-refractivity contribution in [2.24, 2.45) is 0 Å². The van der Waals surface area contributed by atoms with Gasteiger partial charge in [0.25, 0.3) is 0 Å². The van der Waals surface area contributed by atoms with Crippen LogP contribution in [0.4, 0.5) is 0 Å². The molecule has 1 aromatic carbocycles. The number of thiophene rings is 1. The van der Waals surface area contributed by atoms with Crippen LogP contribution in [0, 0.1) is 0 Å². The van der Waals surface area contributed by atoms with Gasteiger partial charge >= 0.3 is 0 Å². The summed E-state index contributed by atoms with van der Waals surface area (Å²) in [6.07, 6.45) is 5.25. The Morgan fingerprint density at radius 2 is 1.96 bits per heavy atom. The quantitative estimate of drug-likeness (QED) is 0.376. The second kappa shape index (κ2) is 7.04. The van der Waals surface area contributed by atoms with Crippen LogP contribution in [-0.2, 0) is 19.5 Å². The second-order valence-corrected chi connectivity index (χ2v) is 8.50. The zero-order valence-corrected chi connectivity index (χ0v) is 16.2. The van der Waals surface area contributed by atoms with Crippen molar-refractivity contribution >= 4 is 45.1 Å². The van der Waals surface area contributed by atoms with Crippen molar-refractivity contribution in [1.82, 2.24) is 14.9 Å². The average molecular weight is 374 g/mol. The molecule has 6 heteroatoms. The molecule has 0 saturated heterocycles. The molecule has 0 saturated carbocycles. The lowest BCUT2D eigenvalue weighted by molar-refractivity contribution is 0.249. The summed E-state index contributed by atoms with van der Waals surface area (Å²) in [5, 5.41) is 3.32. The van der Waals surface area contributed by atoms with Crippen LogP contribution in [-0.4, -0.2) is 33.9 Å². The molecule has 0 spiro atoms. The lowest BCUT2D eigenvalue weighted by Gasteiger charge is -2.26. The highest BCUT2D eigenvalue weighted by Gasteiger charge is 2.24. The van der Waals surface area contributed by atoms with E-state index >= 15 is 0 Å². The van der Waals surface area contributed by atoms with E-state index < -0.39 is 0 Å². The molecule has 0 radical (unpaired) electrons. The maximum absolute atomic E-state index is 4.75. The molecule has 3 aromatic rings. The Morgan fingerprint density at radius 1 is 1.12 bits per heavy atom. The van der Waals surface area contributed by atoms with Crippen LogP contribution in [0.5, 0.6) is 0 Å². The van der Waals surface area contributed by atoms with Crippen LogP contribution >= 0.6 is 34.9 Å². The molecule has 0 amide bonds. The maximum atomic E-state index is 4.75. The zero-order chi connectivity index (χ0) is 16.5. The first-order valence-electron chi connectivity index (χ1n) is 7.95. The van der Waals surface area contributed by atoms with E-state index in [1.165, 1.54) is 21.4 Å². The Morgan fingerprint density at radius 3 is 2.71 bits per heavy atom. The van der Waals surface area contributed by atoms with E-state index in [9.17, 15) is 0 Å². The van der Waals surface area contributed by atoms with Crippen molar-refractivity contribution in [2.45, 2.75) is 29.7 Å². The van der Waals surface area contributed by atoms with Gasteiger partial charge in [-0.05, 0) is 30.1 Å². The lowest BCUT2D eigenvalue weighted by Crippen LogP contribution is -2.29. The summed E-state index contributed by atoms with van der Waals surface area (Å²) in [5.74, 6) is 0. The lowest BCUT2D eigenvalue weighted by atomic mass is 10.0. The van der Waals surface area contributed by atoms with Crippen LogP contribution in [0.2, 0.25) is 0 Å². The summed E-state index contributed by atoms with van der Waals surface area (Å²) >= 11 is 5.21. The van der Waals surface area contributed by atoms with Crippen molar-refractivity contribution in [1.29, 1.82) is 0 Å². The van der Waals surface area contributed by atoms with E-state index in [2.05, 4.69) is 41.5 Å². The number of thioether (sulfide) groups is 2. The Labute approximate surface area is 154 Å². The first kappa shape index (κ1) is 16.4. The van der Waals surface area contributed by atoms with E-state index in [0.717, 1.165) is 41.1 Å². The standard InChI is InChI=1S/C18H19N3S3/c1-22-16-15-13-8-9-21(10-12-6-4-3-5-7-12)11-14(13)24-17(15)20-18(19-16)23-2/h3-7H,8-11H2,1-2H3. The van der Waals surface area contributed by atoms with Crippen molar-refractivity contribution in [3.8, 4) is 0 Å². The van der Waals surface area contributed by atoms with Gasteiger partial charge in [-0.25, -0.2) is 9.97 Å². The maximum Gasteiger partial charge on any atom is 0.189 e. The number of fused-ring (bicyclic) bond motifs is 3. The second-order valence-electron chi connectivity index (χ2n) is 5.85. The van der Waals surface area contributed by atoms with Gasteiger partial charge in [-0.15, -0.1) is 23.1 Å². The molecule has 0 aliphatic carbocycles. The van der Waals surface area contributed by atoms with Crippen molar-refractivity contribution in [3.05, 3.63) is 46.3 Å². The van der Waals surface area contributed by atoms with Gasteiger partial charge in [0.2, 0.25) is 0 Å². The third kappa shape index (κ3) is 3.08. The Kier molecular flexibility index (Phi) is 4.81. The average Bonchev–Trinajstić information content (AvgIpc) is 2.99. The molecule has 3 nitrogen and oxygen atoms in total. The summed E-state index contributed by atoms with van der Waals surface area (Å²) in [6, 6.07) is 10.7. The molecule has 124 valence electrons. The first-order chi connectivity index (χ1) is 11.8. The molecule has 2 aromatic heterocycles. The van der Waals surface area contributed by atoms with Gasteiger partial charge in [-0.2, -0.15) is 0 Å². The molecular weight excluding hydrogens is 354 g/mol. The van der Waals surface area contributed by atoms with Gasteiger partial charge in [-0.1, -0.05) is 42.1 Å². The smallest absolute Gasteiger partial charge is 0.189 e. The summed E-state index contributed by atoms with van der Waals surface area (Å²) < 4.78 is 0. The number of aromatic nitrogens is 2. The van der Waals surface area contributed by atoms with Gasteiger partial charge in [0.05, 0.1) is 0 Å². The minimum Gasteiger partial charge on any atom is -0.294 e. The highest BCUT2D eigenvalue weighted by molar-refractivity contribution is 7.99. The van der Waals surface area contributed by atoms with E-state index in [1.807, 2.05) is 17.6 Å². The van der Waals surface area contributed by atoms with Crippen LogP contribution < -0.4 is 0 Å².